The van der Waals surface area contributed by atoms with Gasteiger partial charge >= 0.3 is 0 Å². The fourth-order valence-electron chi connectivity index (χ4n) is 1.81. The third-order valence-electron chi connectivity index (χ3n) is 2.71. The molecule has 0 radical (unpaired) electrons. The molecule has 2 rings (SSSR count). The molecule has 0 saturated heterocycles. The lowest BCUT2D eigenvalue weighted by Gasteiger charge is -2.08. The lowest BCUT2D eigenvalue weighted by molar-refractivity contribution is 0.102. The summed E-state index contributed by atoms with van der Waals surface area (Å²) in [7, 11) is 0. The van der Waals surface area contributed by atoms with E-state index in [0.717, 1.165) is 12.1 Å². The second-order valence-corrected chi connectivity index (χ2v) is 4.09. The maximum absolute atomic E-state index is 13.3. The normalized spacial score (nSPS) is 9.60. The summed E-state index contributed by atoms with van der Waals surface area (Å²) in [5.41, 5.74) is 1.51. The van der Waals surface area contributed by atoms with Gasteiger partial charge in [0.2, 0.25) is 0 Å². The van der Waals surface area contributed by atoms with Gasteiger partial charge in [-0.1, -0.05) is 30.9 Å². The molecular formula is C16H11FN2O. The molecule has 0 heterocycles. The minimum atomic E-state index is -0.573. The molecule has 0 saturated carbocycles. The Labute approximate surface area is 116 Å². The van der Waals surface area contributed by atoms with Crippen LogP contribution in [0.3, 0.4) is 0 Å². The van der Waals surface area contributed by atoms with Crippen LogP contribution in [0.2, 0.25) is 0 Å². The summed E-state index contributed by atoms with van der Waals surface area (Å²) in [6.45, 7) is 3.64. The average molecular weight is 266 g/mol. The largest absolute Gasteiger partial charge is 0.322 e. The third-order valence-corrected chi connectivity index (χ3v) is 2.71. The number of nitrogens with zero attached hydrogens (tertiary/aromatic N) is 1. The molecule has 0 aliphatic carbocycles. The monoisotopic (exact) mass is 266 g/mol. The van der Waals surface area contributed by atoms with E-state index in [1.165, 1.54) is 6.07 Å². The summed E-state index contributed by atoms with van der Waals surface area (Å²) in [5.74, 6) is -0.952. The van der Waals surface area contributed by atoms with Crippen molar-refractivity contribution >= 4 is 17.7 Å². The molecule has 0 aliphatic rings. The Morgan fingerprint density at radius 3 is 2.75 bits per heavy atom. The number of amides is 1. The first-order valence-corrected chi connectivity index (χ1v) is 5.87. The van der Waals surface area contributed by atoms with Crippen LogP contribution in [0, 0.1) is 17.1 Å². The highest BCUT2D eigenvalue weighted by Gasteiger charge is 2.10. The molecule has 1 N–H and O–H groups in total. The first-order valence-electron chi connectivity index (χ1n) is 5.87. The minimum Gasteiger partial charge on any atom is -0.322 e. The Balaban J connectivity index is 2.30. The van der Waals surface area contributed by atoms with E-state index >= 15 is 0 Å². The highest BCUT2D eigenvalue weighted by Crippen LogP contribution is 2.16. The molecule has 0 atom stereocenters. The van der Waals surface area contributed by atoms with Gasteiger partial charge < -0.3 is 5.32 Å². The summed E-state index contributed by atoms with van der Waals surface area (Å²) in [4.78, 5) is 12.1. The Morgan fingerprint density at radius 2 is 2.05 bits per heavy atom. The van der Waals surface area contributed by atoms with E-state index in [1.807, 2.05) is 6.07 Å². The van der Waals surface area contributed by atoms with Gasteiger partial charge in [0.05, 0.1) is 11.6 Å². The van der Waals surface area contributed by atoms with Crippen LogP contribution in [0.1, 0.15) is 21.5 Å². The van der Waals surface area contributed by atoms with Crippen molar-refractivity contribution in [3.63, 3.8) is 0 Å². The molecular weight excluding hydrogens is 255 g/mol. The van der Waals surface area contributed by atoms with Crippen LogP contribution in [0.4, 0.5) is 10.1 Å². The number of anilines is 1. The lowest BCUT2D eigenvalue weighted by atomic mass is 10.1. The van der Waals surface area contributed by atoms with E-state index in [0.29, 0.717) is 11.1 Å². The second-order valence-electron chi connectivity index (χ2n) is 4.09. The number of hydrogen-bond donors (Lipinski definition) is 1. The highest BCUT2D eigenvalue weighted by molar-refractivity contribution is 6.06. The molecule has 0 aliphatic heterocycles. The predicted octanol–water partition coefficient (Wildman–Crippen LogP) is 3.59. The van der Waals surface area contributed by atoms with Gasteiger partial charge in [-0.15, -0.1) is 0 Å². The topological polar surface area (TPSA) is 52.9 Å². The Kier molecular flexibility index (Phi) is 3.92. The molecule has 4 heteroatoms. The van der Waals surface area contributed by atoms with Gasteiger partial charge in [-0.25, -0.2) is 4.39 Å². The first kappa shape index (κ1) is 13.5. The predicted molar refractivity (Wildman–Crippen MR) is 75.6 cm³/mol. The number of carbonyl (C=O) groups excluding carboxylic acids is 1. The molecule has 0 fully saturated rings. The van der Waals surface area contributed by atoms with Crippen molar-refractivity contribution in [2.45, 2.75) is 0 Å². The van der Waals surface area contributed by atoms with Crippen molar-refractivity contribution in [1.29, 1.82) is 5.26 Å². The summed E-state index contributed by atoms with van der Waals surface area (Å²) in [6.07, 6.45) is 1.57. The highest BCUT2D eigenvalue weighted by atomic mass is 19.1. The van der Waals surface area contributed by atoms with Crippen molar-refractivity contribution in [2.24, 2.45) is 0 Å². The molecule has 0 unspecified atom stereocenters. The summed E-state index contributed by atoms with van der Waals surface area (Å²) < 4.78 is 13.3. The van der Waals surface area contributed by atoms with Gasteiger partial charge in [0.15, 0.2) is 0 Å². The number of rotatable bonds is 3. The van der Waals surface area contributed by atoms with Crippen LogP contribution >= 0.6 is 0 Å². The molecule has 1 amide bonds. The molecule has 20 heavy (non-hydrogen) atoms. The SMILES string of the molecule is C=Cc1ccccc1C(=O)Nc1cc(F)cc(C#N)c1. The van der Waals surface area contributed by atoms with Crippen LogP contribution in [-0.2, 0) is 0 Å². The molecule has 3 nitrogen and oxygen atoms in total. The zero-order chi connectivity index (χ0) is 14.5. The summed E-state index contributed by atoms with van der Waals surface area (Å²) in [6, 6.07) is 12.5. The standard InChI is InChI=1S/C16H11FN2O/c1-2-12-5-3-4-6-15(12)16(20)19-14-8-11(10-18)7-13(17)9-14/h2-9H,1H2,(H,19,20). The quantitative estimate of drug-likeness (QED) is 0.922. The number of halogens is 1. The molecule has 0 spiro atoms. The Bertz CT molecular complexity index is 717. The minimum absolute atomic E-state index is 0.150. The Morgan fingerprint density at radius 1 is 1.30 bits per heavy atom. The summed E-state index contributed by atoms with van der Waals surface area (Å²) >= 11 is 0. The molecule has 0 bridgehead atoms. The van der Waals surface area contributed by atoms with Crippen molar-refractivity contribution < 1.29 is 9.18 Å². The molecule has 2 aromatic rings. The maximum Gasteiger partial charge on any atom is 0.256 e. The molecule has 98 valence electrons. The maximum atomic E-state index is 13.3. The van der Waals surface area contributed by atoms with Gasteiger partial charge in [0.1, 0.15) is 5.82 Å². The smallest absolute Gasteiger partial charge is 0.256 e. The number of nitrogens with one attached hydrogen (secondary N) is 1. The molecule has 2 aromatic carbocycles. The van der Waals surface area contributed by atoms with E-state index in [2.05, 4.69) is 11.9 Å². The number of benzene rings is 2. The van der Waals surface area contributed by atoms with Crippen LogP contribution in [0.5, 0.6) is 0 Å². The van der Waals surface area contributed by atoms with Crippen molar-refractivity contribution in [3.05, 3.63) is 71.6 Å². The van der Waals surface area contributed by atoms with Crippen LogP contribution in [0.15, 0.2) is 49.0 Å². The first-order chi connectivity index (χ1) is 9.63. The van der Waals surface area contributed by atoms with Gasteiger partial charge in [-0.3, -0.25) is 4.79 Å². The zero-order valence-corrected chi connectivity index (χ0v) is 10.6. The molecule has 0 aromatic heterocycles. The fourth-order valence-corrected chi connectivity index (χ4v) is 1.81. The Hall–Kier alpha value is -2.93. The van der Waals surface area contributed by atoms with E-state index in [4.69, 9.17) is 5.26 Å². The van der Waals surface area contributed by atoms with Gasteiger partial charge in [-0.2, -0.15) is 5.26 Å². The number of nitriles is 1. The summed E-state index contributed by atoms with van der Waals surface area (Å²) in [5, 5.41) is 11.3. The second kappa shape index (κ2) is 5.81. The van der Waals surface area contributed by atoms with E-state index in [-0.39, 0.29) is 17.2 Å². The average Bonchev–Trinajstić information content (AvgIpc) is 2.46. The van der Waals surface area contributed by atoms with Crippen LogP contribution in [-0.4, -0.2) is 5.91 Å². The van der Waals surface area contributed by atoms with E-state index in [9.17, 15) is 9.18 Å². The van der Waals surface area contributed by atoms with Crippen LogP contribution < -0.4 is 5.32 Å². The van der Waals surface area contributed by atoms with Crippen molar-refractivity contribution in [2.75, 3.05) is 5.32 Å². The number of carbonyl (C=O) groups is 1. The van der Waals surface area contributed by atoms with Crippen molar-refractivity contribution in [3.8, 4) is 6.07 Å². The van der Waals surface area contributed by atoms with E-state index in [1.54, 1.807) is 30.3 Å². The van der Waals surface area contributed by atoms with E-state index < -0.39 is 5.82 Å². The van der Waals surface area contributed by atoms with Gasteiger partial charge in [0, 0.05) is 11.3 Å². The fraction of sp³-hybridized carbons (Fsp3) is 0. The zero-order valence-electron chi connectivity index (χ0n) is 10.6. The van der Waals surface area contributed by atoms with Crippen LogP contribution in [0.25, 0.3) is 6.08 Å². The van der Waals surface area contributed by atoms with Gasteiger partial charge in [0.25, 0.3) is 5.91 Å². The number of hydrogen-bond acceptors (Lipinski definition) is 2. The van der Waals surface area contributed by atoms with Gasteiger partial charge in [-0.05, 0) is 29.8 Å². The van der Waals surface area contributed by atoms with Crippen molar-refractivity contribution in [1.82, 2.24) is 0 Å². The third kappa shape index (κ3) is 2.90. The lowest BCUT2D eigenvalue weighted by Crippen LogP contribution is -2.13.